The fourth-order valence-electron chi connectivity index (χ4n) is 2.35. The second kappa shape index (κ2) is 5.02. The Kier molecular flexibility index (Phi) is 3.34. The highest BCUT2D eigenvalue weighted by molar-refractivity contribution is 5.88. The second-order valence-electron chi connectivity index (χ2n) is 4.58. The van der Waals surface area contributed by atoms with E-state index in [1.165, 1.54) is 17.4 Å². The lowest BCUT2D eigenvalue weighted by Gasteiger charge is -2.32. The molecule has 108 valence electrons. The van der Waals surface area contributed by atoms with Gasteiger partial charge in [0.05, 0.1) is 19.3 Å². The van der Waals surface area contributed by atoms with Crippen molar-refractivity contribution in [2.45, 2.75) is 24.5 Å². The number of ether oxygens (including phenoxy) is 1. The van der Waals surface area contributed by atoms with Crippen LogP contribution in [-0.4, -0.2) is 68.9 Å². The molecule has 0 bridgehead atoms. The van der Waals surface area contributed by atoms with Crippen LogP contribution in [0.3, 0.4) is 0 Å². The average Bonchev–Trinajstić information content (AvgIpc) is 2.74. The molecule has 0 saturated carbocycles. The number of hydrogen-bond donors (Lipinski definition) is 3. The van der Waals surface area contributed by atoms with Crippen LogP contribution in [0, 0.1) is 0 Å². The number of nitrogens with zero attached hydrogens (tertiary/aromatic N) is 4. The van der Waals surface area contributed by atoms with E-state index >= 15 is 0 Å². The molecule has 0 spiro atoms. The Balaban J connectivity index is 1.93. The SMILES string of the molecule is OC[C@H]1O[C@@H](N2CC(F)=Nc3cncnc32)[C@H](O)[C@H]1O. The first-order valence-electron chi connectivity index (χ1n) is 6.04. The third kappa shape index (κ3) is 2.04. The van der Waals surface area contributed by atoms with Crippen molar-refractivity contribution in [1.29, 1.82) is 0 Å². The Morgan fingerprint density at radius 1 is 1.40 bits per heavy atom. The number of aliphatic hydroxyl groups excluding tert-OH is 3. The van der Waals surface area contributed by atoms with Gasteiger partial charge in [-0.05, 0) is 0 Å². The molecule has 0 radical (unpaired) electrons. The number of anilines is 1. The summed E-state index contributed by atoms with van der Waals surface area (Å²) in [5.41, 5.74) is 0.217. The molecule has 1 aromatic heterocycles. The van der Waals surface area contributed by atoms with E-state index in [2.05, 4.69) is 15.0 Å². The Labute approximate surface area is 113 Å². The van der Waals surface area contributed by atoms with Gasteiger partial charge in [-0.25, -0.2) is 15.0 Å². The summed E-state index contributed by atoms with van der Waals surface area (Å²) in [5, 5.41) is 28.8. The van der Waals surface area contributed by atoms with Crippen LogP contribution in [0.15, 0.2) is 17.5 Å². The van der Waals surface area contributed by atoms with Crippen LogP contribution < -0.4 is 4.90 Å². The topological polar surface area (TPSA) is 111 Å². The highest BCUT2D eigenvalue weighted by Gasteiger charge is 2.46. The minimum absolute atomic E-state index is 0.217. The van der Waals surface area contributed by atoms with E-state index in [-0.39, 0.29) is 12.2 Å². The molecule has 3 N–H and O–H groups in total. The first-order chi connectivity index (χ1) is 9.61. The molecule has 1 fully saturated rings. The smallest absolute Gasteiger partial charge is 0.209 e. The number of aliphatic hydroxyl groups is 3. The van der Waals surface area contributed by atoms with Crippen LogP contribution in [0.1, 0.15) is 0 Å². The van der Waals surface area contributed by atoms with Gasteiger partial charge in [0.2, 0.25) is 5.97 Å². The predicted octanol–water partition coefficient (Wildman–Crippen LogP) is -1.26. The highest BCUT2D eigenvalue weighted by atomic mass is 19.1. The van der Waals surface area contributed by atoms with E-state index in [0.717, 1.165) is 0 Å². The van der Waals surface area contributed by atoms with Crippen LogP contribution >= 0.6 is 0 Å². The minimum Gasteiger partial charge on any atom is -0.394 e. The summed E-state index contributed by atoms with van der Waals surface area (Å²) in [6.07, 6.45) is -1.88. The largest absolute Gasteiger partial charge is 0.394 e. The summed E-state index contributed by atoms with van der Waals surface area (Å²) in [4.78, 5) is 12.8. The van der Waals surface area contributed by atoms with Crippen molar-refractivity contribution in [3.05, 3.63) is 12.5 Å². The van der Waals surface area contributed by atoms with E-state index in [1.54, 1.807) is 0 Å². The van der Waals surface area contributed by atoms with Gasteiger partial charge in [-0.1, -0.05) is 0 Å². The zero-order valence-electron chi connectivity index (χ0n) is 10.3. The summed E-state index contributed by atoms with van der Waals surface area (Å²) in [7, 11) is 0. The monoisotopic (exact) mass is 284 g/mol. The molecule has 0 aliphatic carbocycles. The maximum Gasteiger partial charge on any atom is 0.209 e. The number of aliphatic imine (C=N–C) groups is 1. The third-order valence-electron chi connectivity index (χ3n) is 3.31. The van der Waals surface area contributed by atoms with Gasteiger partial charge in [0.15, 0.2) is 12.0 Å². The molecule has 1 saturated heterocycles. The molecule has 3 rings (SSSR count). The normalized spacial score (nSPS) is 33.0. The van der Waals surface area contributed by atoms with E-state index in [9.17, 15) is 14.6 Å². The van der Waals surface area contributed by atoms with Crippen LogP contribution in [0.5, 0.6) is 0 Å². The Hall–Kier alpha value is -1.68. The predicted molar refractivity (Wildman–Crippen MR) is 65.3 cm³/mol. The first kappa shape index (κ1) is 13.3. The maximum absolute atomic E-state index is 13.6. The minimum atomic E-state index is -1.29. The molecule has 9 heteroatoms. The van der Waals surface area contributed by atoms with Gasteiger partial charge in [0.1, 0.15) is 30.3 Å². The summed E-state index contributed by atoms with van der Waals surface area (Å²) >= 11 is 0. The van der Waals surface area contributed by atoms with E-state index in [0.29, 0.717) is 5.82 Å². The lowest BCUT2D eigenvalue weighted by molar-refractivity contribution is -0.0220. The van der Waals surface area contributed by atoms with E-state index in [1.807, 2.05) is 0 Å². The second-order valence-corrected chi connectivity index (χ2v) is 4.58. The number of rotatable bonds is 2. The number of hydrogen-bond acceptors (Lipinski definition) is 8. The Morgan fingerprint density at radius 2 is 2.20 bits per heavy atom. The van der Waals surface area contributed by atoms with Gasteiger partial charge in [-0.15, -0.1) is 0 Å². The van der Waals surface area contributed by atoms with Crippen molar-refractivity contribution in [3.8, 4) is 0 Å². The summed E-state index contributed by atoms with van der Waals surface area (Å²) in [6, 6.07) is 0. The number of halogens is 1. The van der Waals surface area contributed by atoms with Gasteiger partial charge in [-0.3, -0.25) is 0 Å². The number of aromatic nitrogens is 2. The van der Waals surface area contributed by atoms with Gasteiger partial charge >= 0.3 is 0 Å². The molecule has 2 aliphatic rings. The molecule has 0 aromatic carbocycles. The fraction of sp³-hybridized carbons (Fsp3) is 0.545. The van der Waals surface area contributed by atoms with E-state index in [4.69, 9.17) is 9.84 Å². The van der Waals surface area contributed by atoms with Gasteiger partial charge in [0, 0.05) is 0 Å². The molecule has 8 nitrogen and oxygen atoms in total. The molecule has 4 atom stereocenters. The van der Waals surface area contributed by atoms with Gasteiger partial charge in [0.25, 0.3) is 0 Å². The highest BCUT2D eigenvalue weighted by Crippen LogP contribution is 2.34. The average molecular weight is 284 g/mol. The molecular formula is C11H13FN4O4. The van der Waals surface area contributed by atoms with Gasteiger partial charge in [-0.2, -0.15) is 4.39 Å². The van der Waals surface area contributed by atoms with Crippen molar-refractivity contribution in [1.82, 2.24) is 9.97 Å². The maximum atomic E-state index is 13.6. The molecule has 2 aliphatic heterocycles. The molecule has 3 heterocycles. The van der Waals surface area contributed by atoms with Crippen molar-refractivity contribution in [3.63, 3.8) is 0 Å². The fourth-order valence-corrected chi connectivity index (χ4v) is 2.35. The zero-order valence-corrected chi connectivity index (χ0v) is 10.3. The first-order valence-corrected chi connectivity index (χ1v) is 6.04. The van der Waals surface area contributed by atoms with Crippen molar-refractivity contribution >= 4 is 17.5 Å². The van der Waals surface area contributed by atoms with Crippen molar-refractivity contribution in [2.24, 2.45) is 4.99 Å². The summed E-state index contributed by atoms with van der Waals surface area (Å²) < 4.78 is 18.9. The Morgan fingerprint density at radius 3 is 2.90 bits per heavy atom. The standard InChI is InChI=1S/C11H13FN4O4/c12-7-2-16(10-5(15-7)1-13-4-14-10)11-9(19)8(18)6(3-17)20-11/h1,4,6,8-9,11,17-19H,2-3H2/t6-,8+,9-,11-/m1/s1. The molecule has 0 unspecified atom stereocenters. The molecule has 20 heavy (non-hydrogen) atoms. The van der Waals surface area contributed by atoms with Crippen LogP contribution in [-0.2, 0) is 4.74 Å². The lowest BCUT2D eigenvalue weighted by atomic mass is 10.1. The Bertz CT molecular complexity index is 543. The number of fused-ring (bicyclic) bond motifs is 1. The molecule has 0 amide bonds. The summed E-state index contributed by atoms with van der Waals surface area (Å²) in [5.74, 6) is -0.374. The molecular weight excluding hydrogens is 271 g/mol. The van der Waals surface area contributed by atoms with Gasteiger partial charge < -0.3 is 25.0 Å². The third-order valence-corrected chi connectivity index (χ3v) is 3.31. The van der Waals surface area contributed by atoms with Crippen molar-refractivity contribution < 1.29 is 24.4 Å². The zero-order chi connectivity index (χ0) is 14.3. The van der Waals surface area contributed by atoms with Crippen LogP contribution in [0.25, 0.3) is 0 Å². The lowest BCUT2D eigenvalue weighted by Crippen LogP contribution is -2.47. The summed E-state index contributed by atoms with van der Waals surface area (Å²) in [6.45, 7) is -0.688. The van der Waals surface area contributed by atoms with Crippen molar-refractivity contribution in [2.75, 3.05) is 18.1 Å². The molecule has 1 aromatic rings. The van der Waals surface area contributed by atoms with Crippen LogP contribution in [0.4, 0.5) is 15.9 Å². The van der Waals surface area contributed by atoms with E-state index < -0.39 is 37.1 Å². The van der Waals surface area contributed by atoms with Crippen LogP contribution in [0.2, 0.25) is 0 Å². The quantitative estimate of drug-likeness (QED) is 0.621.